The van der Waals surface area contributed by atoms with Crippen molar-refractivity contribution in [2.45, 2.75) is 0 Å². The predicted octanol–water partition coefficient (Wildman–Crippen LogP) is 0.631. The third kappa shape index (κ3) is 1.33. The van der Waals surface area contributed by atoms with E-state index in [1.807, 2.05) is 24.3 Å². The van der Waals surface area contributed by atoms with Gasteiger partial charge in [-0.1, -0.05) is 30.6 Å². The first kappa shape index (κ1) is 8.04. The topological polar surface area (TPSA) is 25.8 Å². The molecule has 60 valence electrons. The summed E-state index contributed by atoms with van der Waals surface area (Å²) in [4.78, 5) is 8.71. The van der Waals surface area contributed by atoms with E-state index in [9.17, 15) is 0 Å². The fourth-order valence-corrected chi connectivity index (χ4v) is 1.43. The summed E-state index contributed by atoms with van der Waals surface area (Å²) < 4.78 is 0. The van der Waals surface area contributed by atoms with Gasteiger partial charge in [-0.25, -0.2) is 9.97 Å². The molecule has 12 heavy (non-hydrogen) atoms. The van der Waals surface area contributed by atoms with Crippen LogP contribution in [0.3, 0.4) is 0 Å². The molecule has 1 heterocycles. The van der Waals surface area contributed by atoms with Crippen LogP contribution in [0.1, 0.15) is 0 Å². The van der Waals surface area contributed by atoms with E-state index < -0.39 is 0 Å². The van der Waals surface area contributed by atoms with E-state index >= 15 is 0 Å². The van der Waals surface area contributed by atoms with Gasteiger partial charge >= 0.3 is 0 Å². The number of benzene rings is 1. The molecule has 0 bridgehead atoms. The molecule has 2 aromatic rings. The van der Waals surface area contributed by atoms with Crippen molar-refractivity contribution in [3.05, 3.63) is 24.3 Å². The van der Waals surface area contributed by atoms with Crippen molar-refractivity contribution < 1.29 is 0 Å². The normalized spacial score (nSPS) is 10.5. The van der Waals surface area contributed by atoms with Gasteiger partial charge in [-0.05, 0) is 12.1 Å². The zero-order chi connectivity index (χ0) is 8.55. The van der Waals surface area contributed by atoms with Gasteiger partial charge in [0.05, 0.1) is 21.9 Å². The lowest BCUT2D eigenvalue weighted by Gasteiger charge is -2.00. The molecule has 2 unspecified atom stereocenters. The lowest BCUT2D eigenvalue weighted by atomic mass is 10.3. The second-order valence-electron chi connectivity index (χ2n) is 2.48. The molecule has 2 atom stereocenters. The van der Waals surface area contributed by atoms with Crippen molar-refractivity contribution in [1.29, 1.82) is 0 Å². The average molecular weight is 194 g/mol. The molecule has 2 nitrogen and oxygen atoms in total. The molecule has 0 saturated heterocycles. The number of hydrogen-bond donors (Lipinski definition) is 0. The van der Waals surface area contributed by atoms with E-state index in [1.165, 1.54) is 0 Å². The number of hydrogen-bond acceptors (Lipinski definition) is 2. The van der Waals surface area contributed by atoms with Crippen molar-refractivity contribution >= 4 is 40.4 Å². The molecule has 1 aromatic carbocycles. The van der Waals surface area contributed by atoms with E-state index in [0.717, 1.165) is 21.9 Å². The Morgan fingerprint density at radius 1 is 0.833 bits per heavy atom. The predicted molar refractivity (Wildman–Crippen MR) is 58.2 cm³/mol. The summed E-state index contributed by atoms with van der Waals surface area (Å²) in [6, 6.07) is 7.84. The minimum absolute atomic E-state index is 0.888. The highest BCUT2D eigenvalue weighted by Gasteiger charge is 1.98. The Morgan fingerprint density at radius 2 is 1.25 bits per heavy atom. The molecule has 0 saturated carbocycles. The number of fused-ring (bicyclic) bond motifs is 1. The second kappa shape index (κ2) is 3.05. The molecule has 2 rings (SSSR count). The minimum Gasteiger partial charge on any atom is -0.245 e. The molecule has 0 aliphatic carbocycles. The summed E-state index contributed by atoms with van der Waals surface area (Å²) in [5.41, 5.74) is 3.65. The summed E-state index contributed by atoms with van der Waals surface area (Å²) in [7, 11) is 5.13. The first-order valence-electron chi connectivity index (χ1n) is 3.55. The van der Waals surface area contributed by atoms with Gasteiger partial charge in [0.15, 0.2) is 0 Å². The molecule has 0 amide bonds. The van der Waals surface area contributed by atoms with Gasteiger partial charge in [0.2, 0.25) is 0 Å². The zero-order valence-corrected chi connectivity index (χ0v) is 8.67. The van der Waals surface area contributed by atoms with Crippen molar-refractivity contribution in [3.8, 4) is 0 Å². The maximum atomic E-state index is 4.35. The third-order valence-corrected chi connectivity index (χ3v) is 2.81. The maximum absolute atomic E-state index is 4.35. The Balaban J connectivity index is 2.84. The Kier molecular flexibility index (Phi) is 2.04. The third-order valence-electron chi connectivity index (χ3n) is 1.63. The number of rotatable bonds is 0. The molecule has 1 aromatic heterocycles. The number of nitrogens with zero attached hydrogens (tertiary/aromatic N) is 2. The van der Waals surface area contributed by atoms with Gasteiger partial charge in [-0.15, -0.1) is 0 Å². The molecule has 0 fully saturated rings. The monoisotopic (exact) mass is 194 g/mol. The van der Waals surface area contributed by atoms with Gasteiger partial charge < -0.3 is 0 Å². The lowest BCUT2D eigenvalue weighted by Crippen LogP contribution is -2.18. The molecular formula is C8H8N2P2. The van der Waals surface area contributed by atoms with Crippen LogP contribution in [0.5, 0.6) is 0 Å². The van der Waals surface area contributed by atoms with Gasteiger partial charge in [0.1, 0.15) is 0 Å². The Labute approximate surface area is 75.2 Å². The first-order valence-corrected chi connectivity index (χ1v) is 4.70. The van der Waals surface area contributed by atoms with E-state index in [-0.39, 0.29) is 0 Å². The van der Waals surface area contributed by atoms with Crippen LogP contribution >= 0.6 is 18.5 Å². The van der Waals surface area contributed by atoms with E-state index in [2.05, 4.69) is 28.4 Å². The lowest BCUT2D eigenvalue weighted by molar-refractivity contribution is 1.39. The SMILES string of the molecule is Pc1nc2ccccc2nc1P. The minimum atomic E-state index is 0.888. The summed E-state index contributed by atoms with van der Waals surface area (Å²) in [6.07, 6.45) is 0. The largest absolute Gasteiger partial charge is 0.245 e. The Morgan fingerprint density at radius 3 is 1.67 bits per heavy atom. The molecule has 0 spiro atoms. The van der Waals surface area contributed by atoms with Crippen LogP contribution in [-0.2, 0) is 0 Å². The molecule has 4 heteroatoms. The van der Waals surface area contributed by atoms with Crippen LogP contribution in [0.15, 0.2) is 24.3 Å². The fraction of sp³-hybridized carbons (Fsp3) is 0. The van der Waals surface area contributed by atoms with Crippen LogP contribution in [0, 0.1) is 0 Å². The smallest absolute Gasteiger partial charge is 0.0894 e. The highest BCUT2D eigenvalue weighted by atomic mass is 31.0. The summed E-state index contributed by atoms with van der Waals surface area (Å²) in [5, 5.41) is 0. The summed E-state index contributed by atoms with van der Waals surface area (Å²) >= 11 is 0. The molecule has 0 N–H and O–H groups in total. The van der Waals surface area contributed by atoms with Crippen molar-refractivity contribution in [1.82, 2.24) is 9.97 Å². The highest BCUT2D eigenvalue weighted by molar-refractivity contribution is 7.35. The van der Waals surface area contributed by atoms with Crippen LogP contribution in [0.25, 0.3) is 11.0 Å². The summed E-state index contributed by atoms with van der Waals surface area (Å²) in [6.45, 7) is 0. The zero-order valence-electron chi connectivity index (χ0n) is 6.36. The highest BCUT2D eigenvalue weighted by Crippen LogP contribution is 2.05. The molecule has 0 aliphatic heterocycles. The fourth-order valence-electron chi connectivity index (χ4n) is 1.03. The van der Waals surface area contributed by atoms with Gasteiger partial charge in [0, 0.05) is 0 Å². The van der Waals surface area contributed by atoms with E-state index in [1.54, 1.807) is 0 Å². The number of para-hydroxylation sites is 2. The Hall–Kier alpha value is -0.580. The molecular weight excluding hydrogens is 186 g/mol. The van der Waals surface area contributed by atoms with Crippen LogP contribution < -0.4 is 10.9 Å². The van der Waals surface area contributed by atoms with Gasteiger partial charge in [-0.2, -0.15) is 0 Å². The maximum Gasteiger partial charge on any atom is 0.0894 e. The van der Waals surface area contributed by atoms with Crippen LogP contribution in [0.2, 0.25) is 0 Å². The second-order valence-corrected chi connectivity index (χ2v) is 3.58. The summed E-state index contributed by atoms with van der Waals surface area (Å²) in [5.74, 6) is 0. The Bertz CT molecular complexity index is 388. The van der Waals surface area contributed by atoms with Crippen LogP contribution in [-0.4, -0.2) is 9.97 Å². The average Bonchev–Trinajstić information content (AvgIpc) is 2.07. The van der Waals surface area contributed by atoms with Crippen molar-refractivity contribution in [3.63, 3.8) is 0 Å². The van der Waals surface area contributed by atoms with Crippen LogP contribution in [0.4, 0.5) is 0 Å². The number of aromatic nitrogens is 2. The van der Waals surface area contributed by atoms with Crippen molar-refractivity contribution in [2.75, 3.05) is 0 Å². The van der Waals surface area contributed by atoms with Gasteiger partial charge in [-0.3, -0.25) is 0 Å². The standard InChI is InChI=1S/C8H8N2P2/c11-7-8(12)10-6-4-2-1-3-5(6)9-7/h1-4H,11-12H2. The first-order chi connectivity index (χ1) is 5.77. The van der Waals surface area contributed by atoms with E-state index in [0.29, 0.717) is 0 Å². The molecule has 0 radical (unpaired) electrons. The van der Waals surface area contributed by atoms with E-state index in [4.69, 9.17) is 0 Å². The van der Waals surface area contributed by atoms with Crippen molar-refractivity contribution in [2.24, 2.45) is 0 Å². The quantitative estimate of drug-likeness (QED) is 0.575. The molecule has 0 aliphatic rings. The van der Waals surface area contributed by atoms with Gasteiger partial charge in [0.25, 0.3) is 0 Å².